The normalized spacial score (nSPS) is 15.8. The molecule has 0 saturated carbocycles. The number of aromatic nitrogens is 3. The molecule has 3 aromatic rings. The van der Waals surface area contributed by atoms with Gasteiger partial charge in [-0.15, -0.1) is 11.3 Å². The number of hydrogen-bond donors (Lipinski definition) is 1. The van der Waals surface area contributed by atoms with E-state index in [-0.39, 0.29) is 11.9 Å². The third-order valence-corrected chi connectivity index (χ3v) is 5.59. The Morgan fingerprint density at radius 1 is 1.23 bits per heavy atom. The van der Waals surface area contributed by atoms with Crippen LogP contribution in [0.4, 0.5) is 5.95 Å². The molecule has 1 fully saturated rings. The van der Waals surface area contributed by atoms with Gasteiger partial charge in [-0.25, -0.2) is 9.97 Å². The molecule has 7 heteroatoms. The molecule has 0 unspecified atom stereocenters. The molecular weight excluding hydrogens is 346 g/mol. The molecule has 6 nitrogen and oxygen atoms in total. The number of thiophene rings is 1. The quantitative estimate of drug-likeness (QED) is 0.757. The van der Waals surface area contributed by atoms with Crippen molar-refractivity contribution in [2.24, 2.45) is 0 Å². The molecule has 1 amide bonds. The maximum atomic E-state index is 13.0. The first-order valence-electron chi connectivity index (χ1n) is 8.93. The zero-order valence-electron chi connectivity index (χ0n) is 14.7. The van der Waals surface area contributed by atoms with Crippen LogP contribution in [-0.4, -0.2) is 38.8 Å². The van der Waals surface area contributed by atoms with Crippen molar-refractivity contribution in [2.75, 3.05) is 18.4 Å². The van der Waals surface area contributed by atoms with Crippen molar-refractivity contribution in [1.29, 1.82) is 0 Å². The zero-order valence-corrected chi connectivity index (χ0v) is 15.5. The number of likely N-dealkylation sites (tertiary alicyclic amines) is 1. The van der Waals surface area contributed by atoms with Gasteiger partial charge in [0.15, 0.2) is 5.69 Å². The molecule has 1 N–H and O–H groups in total. The fourth-order valence-electron chi connectivity index (χ4n) is 3.23. The average molecular weight is 367 g/mol. The minimum absolute atomic E-state index is 0.00211. The fraction of sp³-hybridized carbons (Fsp3) is 0.368. The molecule has 134 valence electrons. The molecule has 0 bridgehead atoms. The lowest BCUT2D eigenvalue weighted by Gasteiger charge is -2.26. The highest BCUT2D eigenvalue weighted by atomic mass is 32.1. The van der Waals surface area contributed by atoms with Crippen molar-refractivity contribution < 1.29 is 4.79 Å². The van der Waals surface area contributed by atoms with Gasteiger partial charge in [-0.1, -0.05) is 6.07 Å². The smallest absolute Gasteiger partial charge is 0.274 e. The summed E-state index contributed by atoms with van der Waals surface area (Å²) in [7, 11) is 0. The van der Waals surface area contributed by atoms with Crippen LogP contribution in [-0.2, 0) is 0 Å². The Bertz CT molecular complexity index is 905. The summed E-state index contributed by atoms with van der Waals surface area (Å²) in [6.45, 7) is 3.65. The van der Waals surface area contributed by atoms with Gasteiger partial charge in [0.05, 0.1) is 16.3 Å². The van der Waals surface area contributed by atoms with Gasteiger partial charge in [-0.3, -0.25) is 9.78 Å². The predicted molar refractivity (Wildman–Crippen MR) is 103 cm³/mol. The highest BCUT2D eigenvalue weighted by Crippen LogP contribution is 2.27. The number of nitrogens with zero attached hydrogens (tertiary/aromatic N) is 4. The fourth-order valence-corrected chi connectivity index (χ4v) is 4.04. The standard InChI is InChI=1S/C19H21N5OS/c1-13(14-6-5-8-20-12-14)21-19-22-15-7-11-26-17(15)16(23-19)18(25)24-9-3-2-4-10-24/h5-8,11-13H,2-4,9-10H2,1H3,(H,21,22,23)/t13-/m0/s1. The first kappa shape index (κ1) is 16.9. The van der Waals surface area contributed by atoms with Crippen LogP contribution >= 0.6 is 11.3 Å². The molecule has 1 atom stereocenters. The predicted octanol–water partition coefficient (Wildman–Crippen LogP) is 3.89. The van der Waals surface area contributed by atoms with Crippen LogP contribution in [0.3, 0.4) is 0 Å². The third kappa shape index (κ3) is 3.39. The summed E-state index contributed by atoms with van der Waals surface area (Å²) in [4.78, 5) is 28.3. The van der Waals surface area contributed by atoms with Gasteiger partial charge in [0.2, 0.25) is 5.95 Å². The summed E-state index contributed by atoms with van der Waals surface area (Å²) >= 11 is 1.52. The minimum Gasteiger partial charge on any atom is -0.348 e. The van der Waals surface area contributed by atoms with E-state index in [9.17, 15) is 4.79 Å². The van der Waals surface area contributed by atoms with Crippen LogP contribution in [0.1, 0.15) is 48.3 Å². The van der Waals surface area contributed by atoms with Gasteiger partial charge in [-0.2, -0.15) is 0 Å². The summed E-state index contributed by atoms with van der Waals surface area (Å²) in [6.07, 6.45) is 6.89. The van der Waals surface area contributed by atoms with Crippen LogP contribution < -0.4 is 5.32 Å². The van der Waals surface area contributed by atoms with Crippen molar-refractivity contribution in [1.82, 2.24) is 19.9 Å². The monoisotopic (exact) mass is 367 g/mol. The van der Waals surface area contributed by atoms with Gasteiger partial charge in [0, 0.05) is 25.5 Å². The number of pyridine rings is 1. The molecule has 0 radical (unpaired) electrons. The number of piperidine rings is 1. The lowest BCUT2D eigenvalue weighted by Crippen LogP contribution is -2.36. The van der Waals surface area contributed by atoms with E-state index in [0.29, 0.717) is 11.6 Å². The zero-order chi connectivity index (χ0) is 17.9. The Morgan fingerprint density at radius 2 is 2.08 bits per heavy atom. The highest BCUT2D eigenvalue weighted by molar-refractivity contribution is 7.17. The van der Waals surface area contributed by atoms with Crippen molar-refractivity contribution in [3.8, 4) is 0 Å². The van der Waals surface area contributed by atoms with Gasteiger partial charge in [-0.05, 0) is 49.3 Å². The lowest BCUT2D eigenvalue weighted by atomic mass is 10.1. The number of nitrogens with one attached hydrogen (secondary N) is 1. The highest BCUT2D eigenvalue weighted by Gasteiger charge is 2.23. The van der Waals surface area contributed by atoms with Crippen molar-refractivity contribution in [3.63, 3.8) is 0 Å². The van der Waals surface area contributed by atoms with Crippen LogP contribution in [0.25, 0.3) is 10.2 Å². The van der Waals surface area contributed by atoms with E-state index < -0.39 is 0 Å². The van der Waals surface area contributed by atoms with E-state index in [1.54, 1.807) is 6.20 Å². The molecule has 3 aromatic heterocycles. The van der Waals surface area contributed by atoms with Gasteiger partial charge < -0.3 is 10.2 Å². The van der Waals surface area contributed by atoms with Crippen molar-refractivity contribution in [2.45, 2.75) is 32.2 Å². The minimum atomic E-state index is -0.00211. The Labute approximate surface area is 156 Å². The van der Waals surface area contributed by atoms with E-state index in [1.807, 2.05) is 41.6 Å². The molecule has 1 aliphatic rings. The van der Waals surface area contributed by atoms with Crippen molar-refractivity contribution >= 4 is 33.4 Å². The summed E-state index contributed by atoms with van der Waals surface area (Å²) in [5.41, 5.74) is 2.37. The van der Waals surface area contributed by atoms with Gasteiger partial charge >= 0.3 is 0 Å². The molecule has 1 saturated heterocycles. The number of hydrogen-bond acceptors (Lipinski definition) is 6. The van der Waals surface area contributed by atoms with Crippen LogP contribution in [0.15, 0.2) is 36.0 Å². The van der Waals surface area contributed by atoms with E-state index >= 15 is 0 Å². The molecule has 26 heavy (non-hydrogen) atoms. The maximum Gasteiger partial charge on any atom is 0.274 e. The average Bonchev–Trinajstić information content (AvgIpc) is 3.16. The molecule has 4 rings (SSSR count). The van der Waals surface area contributed by atoms with Crippen LogP contribution in [0.5, 0.6) is 0 Å². The SMILES string of the molecule is C[C@H](Nc1nc(C(=O)N2CCCCC2)c2sccc2n1)c1cccnc1. The first-order valence-corrected chi connectivity index (χ1v) is 9.81. The second-order valence-corrected chi connectivity index (χ2v) is 7.45. The Hall–Kier alpha value is -2.54. The first-order chi connectivity index (χ1) is 12.7. The number of rotatable bonds is 4. The number of anilines is 1. The summed E-state index contributed by atoms with van der Waals surface area (Å²) in [5.74, 6) is 0.490. The van der Waals surface area contributed by atoms with E-state index in [4.69, 9.17) is 0 Å². The number of carbonyl (C=O) groups is 1. The summed E-state index contributed by atoms with van der Waals surface area (Å²) in [6, 6.07) is 5.85. The molecule has 0 aromatic carbocycles. The number of amides is 1. The molecule has 0 spiro atoms. The molecule has 4 heterocycles. The largest absolute Gasteiger partial charge is 0.348 e. The number of fused-ring (bicyclic) bond motifs is 1. The molecule has 0 aliphatic carbocycles. The van der Waals surface area contributed by atoms with Crippen molar-refractivity contribution in [3.05, 3.63) is 47.2 Å². The second kappa shape index (κ2) is 7.37. The molecule has 1 aliphatic heterocycles. The Kier molecular flexibility index (Phi) is 4.79. The Morgan fingerprint density at radius 3 is 2.85 bits per heavy atom. The second-order valence-electron chi connectivity index (χ2n) is 6.54. The van der Waals surface area contributed by atoms with Gasteiger partial charge in [0.25, 0.3) is 5.91 Å². The van der Waals surface area contributed by atoms with E-state index in [2.05, 4.69) is 20.3 Å². The van der Waals surface area contributed by atoms with Crippen LogP contribution in [0.2, 0.25) is 0 Å². The summed E-state index contributed by atoms with van der Waals surface area (Å²) in [5, 5.41) is 5.27. The van der Waals surface area contributed by atoms with E-state index in [1.165, 1.54) is 17.8 Å². The van der Waals surface area contributed by atoms with E-state index in [0.717, 1.165) is 41.7 Å². The third-order valence-electron chi connectivity index (χ3n) is 4.68. The maximum absolute atomic E-state index is 13.0. The number of carbonyl (C=O) groups excluding carboxylic acids is 1. The Balaban J connectivity index is 1.65. The lowest BCUT2D eigenvalue weighted by molar-refractivity contribution is 0.0721. The molecular formula is C19H21N5OS. The van der Waals surface area contributed by atoms with Gasteiger partial charge in [0.1, 0.15) is 0 Å². The summed E-state index contributed by atoms with van der Waals surface area (Å²) < 4.78 is 0.861. The van der Waals surface area contributed by atoms with Crippen LogP contribution in [0, 0.1) is 0 Å². The topological polar surface area (TPSA) is 71.0 Å².